The number of hydrogen-bond donors (Lipinski definition) is 1. The van der Waals surface area contributed by atoms with Crippen molar-refractivity contribution in [3.63, 3.8) is 0 Å². The van der Waals surface area contributed by atoms with Crippen LogP contribution in [0.5, 0.6) is 0 Å². The molecule has 1 aliphatic rings. The number of rotatable bonds is 5. The number of nitrogens with one attached hydrogen (secondary N) is 1. The summed E-state index contributed by atoms with van der Waals surface area (Å²) in [5, 5.41) is 14.3. The van der Waals surface area contributed by atoms with Crippen LogP contribution in [0, 0.1) is 10.1 Å². The average Bonchev–Trinajstić information content (AvgIpc) is 2.48. The molecular weight excluding hydrogens is 290 g/mol. The van der Waals surface area contributed by atoms with Gasteiger partial charge in [0, 0.05) is 12.1 Å². The second-order valence-electron chi connectivity index (χ2n) is 5.00. The lowest BCUT2D eigenvalue weighted by Gasteiger charge is -2.33. The SMILES string of the molecule is CC1(CC(=O)N/N=C\c2ccc([N+](=O)[O-])cc2)OCCCO1. The summed E-state index contributed by atoms with van der Waals surface area (Å²) in [7, 11) is 0. The fourth-order valence-electron chi connectivity index (χ4n) is 1.97. The zero-order chi connectivity index (χ0) is 16.0. The standard InChI is InChI=1S/C14H17N3O5/c1-14(21-7-2-8-22-14)9-13(18)16-15-10-11-3-5-12(6-4-11)17(19)20/h3-6,10H,2,7-9H2,1H3,(H,16,18)/b15-10-. The number of nitro groups is 1. The molecule has 1 fully saturated rings. The molecule has 0 atom stereocenters. The van der Waals surface area contributed by atoms with Gasteiger partial charge in [-0.25, -0.2) is 5.43 Å². The van der Waals surface area contributed by atoms with Gasteiger partial charge in [-0.1, -0.05) is 0 Å². The summed E-state index contributed by atoms with van der Waals surface area (Å²) in [6.45, 7) is 2.84. The monoisotopic (exact) mass is 307 g/mol. The first-order valence-corrected chi connectivity index (χ1v) is 6.83. The van der Waals surface area contributed by atoms with Gasteiger partial charge in [-0.05, 0) is 31.0 Å². The van der Waals surface area contributed by atoms with Gasteiger partial charge in [0.25, 0.3) is 5.69 Å². The van der Waals surface area contributed by atoms with Gasteiger partial charge in [0.2, 0.25) is 5.91 Å². The number of ether oxygens (including phenoxy) is 2. The van der Waals surface area contributed by atoms with E-state index in [1.165, 1.54) is 18.3 Å². The lowest BCUT2D eigenvalue weighted by molar-refractivity contribution is -0.384. The van der Waals surface area contributed by atoms with Crippen molar-refractivity contribution < 1.29 is 19.2 Å². The summed E-state index contributed by atoms with van der Waals surface area (Å²) in [5.74, 6) is -1.24. The molecule has 2 rings (SSSR count). The number of hydrazone groups is 1. The predicted octanol–water partition coefficient (Wildman–Crippen LogP) is 1.59. The van der Waals surface area contributed by atoms with Crippen molar-refractivity contribution in [1.82, 2.24) is 5.43 Å². The van der Waals surface area contributed by atoms with Crippen LogP contribution in [0.2, 0.25) is 0 Å². The van der Waals surface area contributed by atoms with E-state index in [0.717, 1.165) is 6.42 Å². The van der Waals surface area contributed by atoms with Crippen LogP contribution in [-0.2, 0) is 14.3 Å². The quantitative estimate of drug-likeness (QED) is 0.505. The van der Waals surface area contributed by atoms with Crippen LogP contribution in [0.25, 0.3) is 0 Å². The molecule has 0 aromatic heterocycles. The predicted molar refractivity (Wildman–Crippen MR) is 78.4 cm³/mol. The normalized spacial score (nSPS) is 17.3. The molecule has 0 bridgehead atoms. The molecule has 0 spiro atoms. The van der Waals surface area contributed by atoms with Crippen LogP contribution in [0.3, 0.4) is 0 Å². The van der Waals surface area contributed by atoms with E-state index in [4.69, 9.17) is 9.47 Å². The molecule has 1 heterocycles. The molecule has 1 amide bonds. The molecule has 22 heavy (non-hydrogen) atoms. The summed E-state index contributed by atoms with van der Waals surface area (Å²) >= 11 is 0. The topological polar surface area (TPSA) is 103 Å². The van der Waals surface area contributed by atoms with Gasteiger partial charge in [0.1, 0.15) is 0 Å². The summed E-state index contributed by atoms with van der Waals surface area (Å²) in [5.41, 5.74) is 3.02. The minimum atomic E-state index is -0.911. The molecular formula is C14H17N3O5. The van der Waals surface area contributed by atoms with E-state index in [2.05, 4.69) is 10.5 Å². The van der Waals surface area contributed by atoms with E-state index in [9.17, 15) is 14.9 Å². The number of carbonyl (C=O) groups is 1. The summed E-state index contributed by atoms with van der Waals surface area (Å²) < 4.78 is 10.9. The van der Waals surface area contributed by atoms with Crippen LogP contribution < -0.4 is 5.43 Å². The number of benzene rings is 1. The molecule has 0 radical (unpaired) electrons. The van der Waals surface area contributed by atoms with E-state index in [-0.39, 0.29) is 18.0 Å². The van der Waals surface area contributed by atoms with E-state index in [1.807, 2.05) is 0 Å². The number of hydrogen-bond acceptors (Lipinski definition) is 6. The maximum absolute atomic E-state index is 11.8. The summed E-state index contributed by atoms with van der Waals surface area (Å²) in [6.07, 6.45) is 2.27. The summed E-state index contributed by atoms with van der Waals surface area (Å²) in [6, 6.07) is 5.83. The number of nitro benzene ring substituents is 1. The van der Waals surface area contributed by atoms with Crippen LogP contribution in [-0.4, -0.2) is 36.0 Å². The number of nitrogens with zero attached hydrogens (tertiary/aromatic N) is 2. The Hall–Kier alpha value is -2.32. The fourth-order valence-corrected chi connectivity index (χ4v) is 1.97. The second-order valence-corrected chi connectivity index (χ2v) is 5.00. The van der Waals surface area contributed by atoms with Crippen molar-refractivity contribution in [1.29, 1.82) is 0 Å². The molecule has 1 saturated heterocycles. The zero-order valence-corrected chi connectivity index (χ0v) is 12.2. The Balaban J connectivity index is 1.83. The van der Waals surface area contributed by atoms with Crippen molar-refractivity contribution in [2.75, 3.05) is 13.2 Å². The molecule has 8 nitrogen and oxygen atoms in total. The first-order chi connectivity index (χ1) is 10.5. The minimum absolute atomic E-state index is 0.000654. The molecule has 0 saturated carbocycles. The maximum atomic E-state index is 11.8. The number of carbonyl (C=O) groups excluding carboxylic acids is 1. The van der Waals surface area contributed by atoms with Crippen LogP contribution in [0.15, 0.2) is 29.4 Å². The van der Waals surface area contributed by atoms with Gasteiger partial charge in [-0.15, -0.1) is 0 Å². The van der Waals surface area contributed by atoms with Gasteiger partial charge in [0.15, 0.2) is 5.79 Å². The molecule has 0 aliphatic carbocycles. The molecule has 118 valence electrons. The fraction of sp³-hybridized carbons (Fsp3) is 0.429. The highest BCUT2D eigenvalue weighted by molar-refractivity contribution is 5.82. The van der Waals surface area contributed by atoms with Crippen molar-refractivity contribution >= 4 is 17.8 Å². The largest absolute Gasteiger partial charge is 0.350 e. The van der Waals surface area contributed by atoms with Crippen LogP contribution in [0.4, 0.5) is 5.69 Å². The lowest BCUT2D eigenvalue weighted by atomic mass is 10.2. The third-order valence-corrected chi connectivity index (χ3v) is 3.09. The Kier molecular flexibility index (Phi) is 5.18. The highest BCUT2D eigenvalue weighted by Crippen LogP contribution is 2.21. The van der Waals surface area contributed by atoms with Gasteiger partial charge >= 0.3 is 0 Å². The lowest BCUT2D eigenvalue weighted by Crippen LogP contribution is -2.41. The number of non-ortho nitro benzene ring substituents is 1. The van der Waals surface area contributed by atoms with Crippen LogP contribution >= 0.6 is 0 Å². The molecule has 1 N–H and O–H groups in total. The van der Waals surface area contributed by atoms with Gasteiger partial charge < -0.3 is 9.47 Å². The van der Waals surface area contributed by atoms with E-state index in [0.29, 0.717) is 18.8 Å². The average molecular weight is 307 g/mol. The number of amides is 1. The summed E-state index contributed by atoms with van der Waals surface area (Å²) in [4.78, 5) is 21.8. The van der Waals surface area contributed by atoms with Crippen molar-refractivity contribution in [2.45, 2.75) is 25.6 Å². The molecule has 8 heteroatoms. The van der Waals surface area contributed by atoms with Crippen LogP contribution in [0.1, 0.15) is 25.3 Å². The van der Waals surface area contributed by atoms with Gasteiger partial charge in [-0.2, -0.15) is 5.10 Å². The zero-order valence-electron chi connectivity index (χ0n) is 12.2. The molecule has 1 aromatic rings. The Labute approximate surface area is 127 Å². The molecule has 1 aromatic carbocycles. The Bertz CT molecular complexity index is 564. The minimum Gasteiger partial charge on any atom is -0.350 e. The van der Waals surface area contributed by atoms with E-state index < -0.39 is 10.7 Å². The van der Waals surface area contributed by atoms with E-state index >= 15 is 0 Å². The van der Waals surface area contributed by atoms with E-state index in [1.54, 1.807) is 19.1 Å². The third kappa shape index (κ3) is 4.61. The third-order valence-electron chi connectivity index (χ3n) is 3.09. The van der Waals surface area contributed by atoms with Gasteiger partial charge in [0.05, 0.1) is 30.8 Å². The molecule has 1 aliphatic heterocycles. The Morgan fingerprint density at radius 2 is 2.05 bits per heavy atom. The second kappa shape index (κ2) is 7.10. The highest BCUT2D eigenvalue weighted by Gasteiger charge is 2.31. The Morgan fingerprint density at radius 3 is 2.64 bits per heavy atom. The first-order valence-electron chi connectivity index (χ1n) is 6.83. The smallest absolute Gasteiger partial charge is 0.269 e. The van der Waals surface area contributed by atoms with Gasteiger partial charge in [-0.3, -0.25) is 14.9 Å². The molecule has 0 unspecified atom stereocenters. The maximum Gasteiger partial charge on any atom is 0.269 e. The van der Waals surface area contributed by atoms with Crippen molar-refractivity contribution in [2.24, 2.45) is 5.10 Å². The van der Waals surface area contributed by atoms with Crippen molar-refractivity contribution in [3.8, 4) is 0 Å². The van der Waals surface area contributed by atoms with Crippen molar-refractivity contribution in [3.05, 3.63) is 39.9 Å². The Morgan fingerprint density at radius 1 is 1.41 bits per heavy atom. The highest BCUT2D eigenvalue weighted by atomic mass is 16.7. The first kappa shape index (κ1) is 16.1.